The summed E-state index contributed by atoms with van der Waals surface area (Å²) in [6.07, 6.45) is 5.10. The SMILES string of the molecule is COc1ccc(Nc2ccc(Cc3c[nH]c4ncnc(OC)c34)c(F)n2)cn1. The van der Waals surface area contributed by atoms with Gasteiger partial charge in [0.2, 0.25) is 17.7 Å². The highest BCUT2D eigenvalue weighted by atomic mass is 19.1. The summed E-state index contributed by atoms with van der Waals surface area (Å²) in [5.74, 6) is 0.766. The van der Waals surface area contributed by atoms with Gasteiger partial charge in [0, 0.05) is 24.2 Å². The molecule has 0 fully saturated rings. The van der Waals surface area contributed by atoms with Crippen LogP contribution in [0.15, 0.2) is 43.0 Å². The molecule has 0 aliphatic rings. The Kier molecular flexibility index (Phi) is 4.71. The largest absolute Gasteiger partial charge is 0.481 e. The van der Waals surface area contributed by atoms with Crippen LogP contribution in [0.1, 0.15) is 11.1 Å². The molecule has 4 rings (SSSR count). The zero-order valence-corrected chi connectivity index (χ0v) is 15.2. The lowest BCUT2D eigenvalue weighted by atomic mass is 10.1. The van der Waals surface area contributed by atoms with E-state index in [1.165, 1.54) is 13.4 Å². The second-order valence-electron chi connectivity index (χ2n) is 5.96. The third-order valence-corrected chi connectivity index (χ3v) is 4.23. The maximum Gasteiger partial charge on any atom is 0.226 e. The number of H-pyrrole nitrogens is 1. The third kappa shape index (κ3) is 3.41. The summed E-state index contributed by atoms with van der Waals surface area (Å²) in [5.41, 5.74) is 2.60. The number of anilines is 2. The van der Waals surface area contributed by atoms with E-state index in [1.807, 2.05) is 0 Å². The second-order valence-corrected chi connectivity index (χ2v) is 5.96. The van der Waals surface area contributed by atoms with E-state index >= 15 is 0 Å². The van der Waals surface area contributed by atoms with E-state index in [2.05, 4.69) is 30.2 Å². The summed E-state index contributed by atoms with van der Waals surface area (Å²) in [5, 5.41) is 3.75. The number of hydrogen-bond acceptors (Lipinski definition) is 7. The molecule has 0 unspecified atom stereocenters. The number of halogens is 1. The van der Waals surface area contributed by atoms with E-state index in [0.29, 0.717) is 40.9 Å². The van der Waals surface area contributed by atoms with E-state index in [9.17, 15) is 4.39 Å². The van der Waals surface area contributed by atoms with Gasteiger partial charge in [-0.3, -0.25) is 0 Å². The zero-order chi connectivity index (χ0) is 19.5. The highest BCUT2D eigenvalue weighted by molar-refractivity contribution is 5.85. The Labute approximate surface area is 159 Å². The molecule has 0 spiro atoms. The number of aromatic amines is 1. The molecule has 0 saturated heterocycles. The van der Waals surface area contributed by atoms with Gasteiger partial charge in [-0.1, -0.05) is 6.07 Å². The first-order valence-electron chi connectivity index (χ1n) is 8.45. The maximum absolute atomic E-state index is 14.6. The average Bonchev–Trinajstić information content (AvgIpc) is 3.13. The van der Waals surface area contributed by atoms with Crippen LogP contribution < -0.4 is 14.8 Å². The van der Waals surface area contributed by atoms with E-state index in [-0.39, 0.29) is 0 Å². The Morgan fingerprint density at radius 2 is 1.93 bits per heavy atom. The number of rotatable bonds is 6. The molecule has 0 radical (unpaired) electrons. The van der Waals surface area contributed by atoms with Crippen LogP contribution >= 0.6 is 0 Å². The van der Waals surface area contributed by atoms with Gasteiger partial charge in [-0.25, -0.2) is 19.9 Å². The Bertz CT molecular complexity index is 1110. The van der Waals surface area contributed by atoms with Crippen LogP contribution in [0, 0.1) is 5.95 Å². The summed E-state index contributed by atoms with van der Waals surface area (Å²) in [6, 6.07) is 6.89. The number of pyridine rings is 2. The van der Waals surface area contributed by atoms with Gasteiger partial charge in [-0.05, 0) is 17.7 Å². The number of nitrogens with one attached hydrogen (secondary N) is 2. The molecule has 0 amide bonds. The smallest absolute Gasteiger partial charge is 0.226 e. The number of aromatic nitrogens is 5. The molecule has 4 aromatic heterocycles. The van der Waals surface area contributed by atoms with E-state index in [1.54, 1.807) is 43.8 Å². The van der Waals surface area contributed by atoms with Crippen LogP contribution in [-0.4, -0.2) is 39.1 Å². The fourth-order valence-corrected chi connectivity index (χ4v) is 2.88. The minimum absolute atomic E-state index is 0.326. The van der Waals surface area contributed by atoms with Crippen molar-refractivity contribution >= 4 is 22.5 Å². The zero-order valence-electron chi connectivity index (χ0n) is 15.2. The predicted molar refractivity (Wildman–Crippen MR) is 102 cm³/mol. The lowest BCUT2D eigenvalue weighted by molar-refractivity contribution is 0.398. The average molecular weight is 380 g/mol. The monoisotopic (exact) mass is 380 g/mol. The number of fused-ring (bicyclic) bond motifs is 1. The Morgan fingerprint density at radius 1 is 1.04 bits per heavy atom. The molecular formula is C19H17FN6O2. The minimum atomic E-state index is -0.559. The molecule has 28 heavy (non-hydrogen) atoms. The number of ether oxygens (including phenoxy) is 2. The van der Waals surface area contributed by atoms with Crippen molar-refractivity contribution in [3.63, 3.8) is 0 Å². The molecular weight excluding hydrogens is 363 g/mol. The predicted octanol–water partition coefficient (Wildman–Crippen LogP) is 3.24. The molecule has 9 heteroatoms. The molecule has 0 aromatic carbocycles. The van der Waals surface area contributed by atoms with E-state index < -0.39 is 5.95 Å². The van der Waals surface area contributed by atoms with Crippen LogP contribution in [0.4, 0.5) is 15.9 Å². The number of methoxy groups -OCH3 is 2. The van der Waals surface area contributed by atoms with Gasteiger partial charge in [0.25, 0.3) is 0 Å². The van der Waals surface area contributed by atoms with Gasteiger partial charge in [0.1, 0.15) is 17.8 Å². The molecule has 0 atom stereocenters. The van der Waals surface area contributed by atoms with Crippen molar-refractivity contribution in [3.05, 3.63) is 60.1 Å². The van der Waals surface area contributed by atoms with Gasteiger partial charge < -0.3 is 19.8 Å². The van der Waals surface area contributed by atoms with Crippen molar-refractivity contribution in [1.29, 1.82) is 0 Å². The Hall–Kier alpha value is -3.75. The van der Waals surface area contributed by atoms with Crippen LogP contribution in [0.3, 0.4) is 0 Å². The summed E-state index contributed by atoms with van der Waals surface area (Å²) < 4.78 is 24.9. The first-order valence-corrected chi connectivity index (χ1v) is 8.45. The van der Waals surface area contributed by atoms with E-state index in [4.69, 9.17) is 9.47 Å². The second kappa shape index (κ2) is 7.47. The molecule has 4 aromatic rings. The fraction of sp³-hybridized carbons (Fsp3) is 0.158. The molecule has 0 saturated carbocycles. The highest BCUT2D eigenvalue weighted by Crippen LogP contribution is 2.27. The third-order valence-electron chi connectivity index (χ3n) is 4.23. The molecule has 8 nitrogen and oxygen atoms in total. The molecule has 2 N–H and O–H groups in total. The topological polar surface area (TPSA) is 97.8 Å². The Balaban J connectivity index is 1.57. The van der Waals surface area contributed by atoms with Crippen LogP contribution in [0.25, 0.3) is 11.0 Å². The van der Waals surface area contributed by atoms with E-state index in [0.717, 1.165) is 10.9 Å². The van der Waals surface area contributed by atoms with Gasteiger partial charge >= 0.3 is 0 Å². The number of nitrogens with zero attached hydrogens (tertiary/aromatic N) is 4. The van der Waals surface area contributed by atoms with Gasteiger partial charge in [-0.2, -0.15) is 4.39 Å². The Morgan fingerprint density at radius 3 is 2.64 bits per heavy atom. The quantitative estimate of drug-likeness (QED) is 0.496. The molecule has 0 aliphatic heterocycles. The first kappa shape index (κ1) is 17.7. The van der Waals surface area contributed by atoms with Crippen LogP contribution in [0.2, 0.25) is 0 Å². The van der Waals surface area contributed by atoms with Gasteiger partial charge in [-0.15, -0.1) is 0 Å². The summed E-state index contributed by atoms with van der Waals surface area (Å²) in [6.45, 7) is 0. The molecule has 142 valence electrons. The summed E-state index contributed by atoms with van der Waals surface area (Å²) >= 11 is 0. The standard InChI is InChI=1S/C19H17FN6O2/c1-27-15-6-4-13(9-21-15)25-14-5-3-11(17(20)26-14)7-12-8-22-18-16(12)19(28-2)24-10-23-18/h3-6,8-10H,7H2,1-2H3,(H,25,26)(H,22,23,24). The van der Waals surface area contributed by atoms with Gasteiger partial charge in [0.15, 0.2) is 0 Å². The van der Waals surface area contributed by atoms with Crippen molar-refractivity contribution in [3.8, 4) is 11.8 Å². The summed E-state index contributed by atoms with van der Waals surface area (Å²) in [7, 11) is 3.08. The van der Waals surface area contributed by atoms with Crippen molar-refractivity contribution in [2.75, 3.05) is 19.5 Å². The van der Waals surface area contributed by atoms with Crippen LogP contribution in [0.5, 0.6) is 11.8 Å². The first-order chi connectivity index (χ1) is 13.7. The lowest BCUT2D eigenvalue weighted by Crippen LogP contribution is -2.01. The minimum Gasteiger partial charge on any atom is -0.481 e. The number of hydrogen-bond donors (Lipinski definition) is 2. The van der Waals surface area contributed by atoms with Crippen molar-refractivity contribution in [2.24, 2.45) is 0 Å². The lowest BCUT2D eigenvalue weighted by Gasteiger charge is -2.08. The molecule has 0 bridgehead atoms. The van der Waals surface area contributed by atoms with Crippen LogP contribution in [-0.2, 0) is 6.42 Å². The molecule has 0 aliphatic carbocycles. The fourth-order valence-electron chi connectivity index (χ4n) is 2.88. The maximum atomic E-state index is 14.6. The van der Waals surface area contributed by atoms with Crippen molar-refractivity contribution in [2.45, 2.75) is 6.42 Å². The van der Waals surface area contributed by atoms with Gasteiger partial charge in [0.05, 0.1) is 31.5 Å². The molecule has 4 heterocycles. The highest BCUT2D eigenvalue weighted by Gasteiger charge is 2.14. The summed E-state index contributed by atoms with van der Waals surface area (Å²) in [4.78, 5) is 19.4. The normalized spacial score (nSPS) is 10.8. The van der Waals surface area contributed by atoms with Crippen molar-refractivity contribution in [1.82, 2.24) is 24.9 Å². The van der Waals surface area contributed by atoms with Crippen molar-refractivity contribution < 1.29 is 13.9 Å².